The summed E-state index contributed by atoms with van der Waals surface area (Å²) in [5, 5.41) is 0. The smallest absolute Gasteiger partial charge is 0.382 e. The number of unbranched alkanes of at least 4 members (excludes halogenated alkanes) is 15. The van der Waals surface area contributed by atoms with Crippen molar-refractivity contribution in [2.24, 2.45) is 0 Å². The fourth-order valence-corrected chi connectivity index (χ4v) is 4.69. The number of hydrogen-bond donors (Lipinski definition) is 1. The predicted octanol–water partition coefficient (Wildman–Crippen LogP) is 7.06. The van der Waals surface area contributed by atoms with Crippen molar-refractivity contribution >= 4 is 15.7 Å². The molecule has 0 aliphatic carbocycles. The van der Waals surface area contributed by atoms with Crippen LogP contribution >= 0.6 is 7.82 Å². The highest BCUT2D eigenvalue weighted by Crippen LogP contribution is 2.44. The summed E-state index contributed by atoms with van der Waals surface area (Å²) in [5.41, 5.74) is 0. The van der Waals surface area contributed by atoms with Gasteiger partial charge in [-0.25, -0.2) is 4.57 Å². The van der Waals surface area contributed by atoms with Gasteiger partial charge in [0.15, 0.2) is 0 Å². The zero-order valence-electron chi connectivity index (χ0n) is 19.4. The molecule has 0 aromatic carbocycles. The molecule has 0 aromatic rings. The molecule has 0 spiro atoms. The highest BCUT2D eigenvalue weighted by molar-refractivity contribution is 7.47. The largest absolute Gasteiger partial charge is 0.472 e. The second-order valence-electron chi connectivity index (χ2n) is 8.77. The van der Waals surface area contributed by atoms with Gasteiger partial charge in [0.1, 0.15) is 7.85 Å². The normalized spacial score (nSPS) is 21.1. The molecule has 1 saturated heterocycles. The summed E-state index contributed by atoms with van der Waals surface area (Å²) in [5.74, 6) is 0. The van der Waals surface area contributed by atoms with Crippen LogP contribution in [0.25, 0.3) is 0 Å². The molecule has 3 atom stereocenters. The van der Waals surface area contributed by atoms with Gasteiger partial charge in [-0.05, 0) is 19.3 Å². The van der Waals surface area contributed by atoms with Crippen LogP contribution in [0, 0.1) is 0 Å². The van der Waals surface area contributed by atoms with Crippen LogP contribution in [0.2, 0.25) is 0 Å². The van der Waals surface area contributed by atoms with Crippen molar-refractivity contribution in [2.45, 2.75) is 135 Å². The molecule has 1 aliphatic rings. The monoisotopic (exact) mass is 444 g/mol. The van der Waals surface area contributed by atoms with Gasteiger partial charge in [0.2, 0.25) is 0 Å². The van der Waals surface area contributed by atoms with Crippen LogP contribution in [0.15, 0.2) is 0 Å². The molecule has 176 valence electrons. The second-order valence-corrected chi connectivity index (χ2v) is 10.2. The molecule has 1 N–H and O–H groups in total. The molecule has 1 heterocycles. The standard InChI is InChI=1S/C23H46BO5P/c1-2-3-4-5-6-7-8-9-10-11-12-13-14-15-16-17-20-27-30(25,26)28-21-22-18-19-23(24)29-22/h22-23H,2-21H2,1H3,(H,25,26)/t22-,23+/m0/s1. The molecule has 0 bridgehead atoms. The third kappa shape index (κ3) is 16.8. The number of phosphoric ester groups is 1. The van der Waals surface area contributed by atoms with Crippen LogP contribution in [0.3, 0.4) is 0 Å². The minimum atomic E-state index is -3.98. The summed E-state index contributed by atoms with van der Waals surface area (Å²) in [7, 11) is 1.66. The maximum absolute atomic E-state index is 11.8. The Bertz CT molecular complexity index is 438. The van der Waals surface area contributed by atoms with Gasteiger partial charge >= 0.3 is 7.82 Å². The van der Waals surface area contributed by atoms with E-state index >= 15 is 0 Å². The Labute approximate surface area is 187 Å². The second kappa shape index (κ2) is 18.7. The van der Waals surface area contributed by atoms with Gasteiger partial charge in [-0.1, -0.05) is 103 Å². The Morgan fingerprint density at radius 1 is 0.800 bits per heavy atom. The molecule has 0 aromatic heterocycles. The van der Waals surface area contributed by atoms with Crippen molar-refractivity contribution in [3.63, 3.8) is 0 Å². The topological polar surface area (TPSA) is 65.0 Å². The molecule has 1 rings (SSSR count). The first kappa shape index (κ1) is 28.2. The molecular formula is C23H46BO5P. The molecule has 30 heavy (non-hydrogen) atoms. The molecule has 0 amide bonds. The highest BCUT2D eigenvalue weighted by atomic mass is 31.2. The van der Waals surface area contributed by atoms with Crippen LogP contribution in [0.4, 0.5) is 0 Å². The summed E-state index contributed by atoms with van der Waals surface area (Å²) in [6, 6.07) is -0.289. The predicted molar refractivity (Wildman–Crippen MR) is 125 cm³/mol. The SMILES string of the molecule is [B][C@H]1CC[C@@H](COP(=O)(O)OCCCCCCCCCCCCCCCCCC)O1. The van der Waals surface area contributed by atoms with E-state index in [1.165, 1.54) is 83.5 Å². The molecule has 1 unspecified atom stereocenters. The van der Waals surface area contributed by atoms with Crippen molar-refractivity contribution in [1.29, 1.82) is 0 Å². The van der Waals surface area contributed by atoms with E-state index in [9.17, 15) is 9.46 Å². The lowest BCUT2D eigenvalue weighted by Crippen LogP contribution is -2.16. The Kier molecular flexibility index (Phi) is 17.5. The number of ether oxygens (including phenoxy) is 1. The first-order valence-electron chi connectivity index (χ1n) is 12.6. The Morgan fingerprint density at radius 2 is 1.27 bits per heavy atom. The lowest BCUT2D eigenvalue weighted by Gasteiger charge is -2.15. The molecule has 5 nitrogen and oxygen atoms in total. The van der Waals surface area contributed by atoms with Crippen LogP contribution < -0.4 is 0 Å². The van der Waals surface area contributed by atoms with Crippen molar-refractivity contribution in [3.8, 4) is 0 Å². The summed E-state index contributed by atoms with van der Waals surface area (Å²) in [4.78, 5) is 9.69. The third-order valence-electron chi connectivity index (χ3n) is 5.82. The number of rotatable bonds is 21. The zero-order valence-corrected chi connectivity index (χ0v) is 20.3. The average Bonchev–Trinajstić information content (AvgIpc) is 3.14. The van der Waals surface area contributed by atoms with Gasteiger partial charge in [-0.3, -0.25) is 9.05 Å². The lowest BCUT2D eigenvalue weighted by atomic mass is 9.97. The highest BCUT2D eigenvalue weighted by Gasteiger charge is 2.27. The summed E-state index contributed by atoms with van der Waals surface area (Å²) >= 11 is 0. The van der Waals surface area contributed by atoms with Crippen molar-refractivity contribution in [3.05, 3.63) is 0 Å². The average molecular weight is 444 g/mol. The van der Waals surface area contributed by atoms with Gasteiger partial charge in [-0.2, -0.15) is 0 Å². The van der Waals surface area contributed by atoms with E-state index in [0.29, 0.717) is 0 Å². The maximum Gasteiger partial charge on any atom is 0.472 e. The first-order valence-corrected chi connectivity index (χ1v) is 14.1. The summed E-state index contributed by atoms with van der Waals surface area (Å²) < 4.78 is 27.2. The molecule has 1 aliphatic heterocycles. The van der Waals surface area contributed by atoms with E-state index < -0.39 is 7.82 Å². The van der Waals surface area contributed by atoms with Crippen molar-refractivity contribution in [2.75, 3.05) is 13.2 Å². The maximum atomic E-state index is 11.8. The van der Waals surface area contributed by atoms with E-state index in [2.05, 4.69) is 6.92 Å². The Balaban J connectivity index is 1.78. The van der Waals surface area contributed by atoms with E-state index in [-0.39, 0.29) is 25.3 Å². The minimum Gasteiger partial charge on any atom is -0.382 e. The van der Waals surface area contributed by atoms with Gasteiger partial charge in [0, 0.05) is 6.00 Å². The molecule has 7 heteroatoms. The molecular weight excluding hydrogens is 398 g/mol. The summed E-state index contributed by atoms with van der Waals surface area (Å²) in [6.45, 7) is 2.59. The minimum absolute atomic E-state index is 0.0560. The lowest BCUT2D eigenvalue weighted by molar-refractivity contribution is 0.0350. The quantitative estimate of drug-likeness (QED) is 0.117. The molecule has 0 saturated carbocycles. The van der Waals surface area contributed by atoms with Gasteiger partial charge in [0.25, 0.3) is 0 Å². The van der Waals surface area contributed by atoms with Crippen molar-refractivity contribution in [1.82, 2.24) is 0 Å². The molecule has 1 fully saturated rings. The Morgan fingerprint density at radius 3 is 1.70 bits per heavy atom. The summed E-state index contributed by atoms with van der Waals surface area (Å²) in [6.07, 6.45) is 22.1. The van der Waals surface area contributed by atoms with Crippen LogP contribution in [0.5, 0.6) is 0 Å². The van der Waals surface area contributed by atoms with Gasteiger partial charge in [0.05, 0.1) is 19.3 Å². The van der Waals surface area contributed by atoms with E-state index in [1.807, 2.05) is 0 Å². The van der Waals surface area contributed by atoms with Crippen molar-refractivity contribution < 1.29 is 23.2 Å². The third-order valence-corrected chi connectivity index (χ3v) is 6.80. The van der Waals surface area contributed by atoms with Crippen LogP contribution in [0.1, 0.15) is 122 Å². The number of hydrogen-bond acceptors (Lipinski definition) is 4. The Hall–Kier alpha value is 0.135. The zero-order chi connectivity index (χ0) is 21.9. The molecule has 2 radical (unpaired) electrons. The van der Waals surface area contributed by atoms with E-state index in [0.717, 1.165) is 32.1 Å². The van der Waals surface area contributed by atoms with Gasteiger partial charge in [-0.15, -0.1) is 0 Å². The first-order chi connectivity index (χ1) is 14.5. The van der Waals surface area contributed by atoms with Crippen LogP contribution in [-0.2, 0) is 18.3 Å². The van der Waals surface area contributed by atoms with Gasteiger partial charge < -0.3 is 9.63 Å². The number of phosphoric acid groups is 1. The van der Waals surface area contributed by atoms with E-state index in [4.69, 9.17) is 21.6 Å². The van der Waals surface area contributed by atoms with Crippen LogP contribution in [-0.4, -0.2) is 38.1 Å². The fraction of sp³-hybridized carbons (Fsp3) is 1.00. The van der Waals surface area contributed by atoms with E-state index in [1.54, 1.807) is 0 Å². The fourth-order valence-electron chi connectivity index (χ4n) is 3.90.